The molecule has 88 valence electrons. The van der Waals surface area contributed by atoms with Crippen molar-refractivity contribution in [2.45, 2.75) is 13.0 Å². The molecule has 1 atom stereocenters. The van der Waals surface area contributed by atoms with Gasteiger partial charge in [0.1, 0.15) is 6.20 Å². The number of hydrogen-bond donors (Lipinski definition) is 0. The zero-order chi connectivity index (χ0) is 12.3. The lowest BCUT2D eigenvalue weighted by Gasteiger charge is -2.05. The third-order valence-corrected chi connectivity index (χ3v) is 1.92. The van der Waals surface area contributed by atoms with E-state index in [4.69, 9.17) is 4.74 Å². The number of hydrogen-bond acceptors (Lipinski definition) is 6. The van der Waals surface area contributed by atoms with E-state index >= 15 is 0 Å². The van der Waals surface area contributed by atoms with Gasteiger partial charge in [-0.1, -0.05) is 0 Å². The summed E-state index contributed by atoms with van der Waals surface area (Å²) in [7, 11) is 1.46. The van der Waals surface area contributed by atoms with E-state index in [0.717, 1.165) is 10.9 Å². The molecule has 1 aromatic heterocycles. The molecule has 0 aliphatic rings. The molecule has 9 heteroatoms. The molecule has 0 N–H and O–H groups in total. The van der Waals surface area contributed by atoms with Crippen LogP contribution in [0.1, 0.15) is 13.0 Å². The highest BCUT2D eigenvalue weighted by Crippen LogP contribution is 2.25. The highest BCUT2D eigenvalue weighted by atomic mass is 16.6. The first-order valence-electron chi connectivity index (χ1n) is 4.34. The maximum Gasteiger partial charge on any atom is 0.467 e. The van der Waals surface area contributed by atoms with E-state index in [1.54, 1.807) is 6.92 Å². The summed E-state index contributed by atoms with van der Waals surface area (Å²) in [5.41, 5.74) is -0.618. The molecule has 0 bridgehead atoms. The van der Waals surface area contributed by atoms with Crippen molar-refractivity contribution in [3.8, 4) is 0 Å². The van der Waals surface area contributed by atoms with Crippen molar-refractivity contribution < 1.29 is 14.6 Å². The summed E-state index contributed by atoms with van der Waals surface area (Å²) in [6, 6.07) is -0.308. The van der Waals surface area contributed by atoms with Crippen LogP contribution in [-0.4, -0.2) is 33.3 Å². The smallest absolute Gasteiger partial charge is 0.382 e. The maximum absolute atomic E-state index is 10.5. The molecular formula is C7H10N4O5. The first-order chi connectivity index (χ1) is 7.47. The van der Waals surface area contributed by atoms with Crippen molar-refractivity contribution in [2.75, 3.05) is 13.7 Å². The van der Waals surface area contributed by atoms with E-state index in [-0.39, 0.29) is 12.6 Å². The second-order valence-electron chi connectivity index (χ2n) is 3.14. The Bertz CT molecular complexity index is 383. The van der Waals surface area contributed by atoms with E-state index < -0.39 is 21.4 Å². The van der Waals surface area contributed by atoms with Gasteiger partial charge < -0.3 is 14.9 Å². The van der Waals surface area contributed by atoms with Crippen molar-refractivity contribution in [3.63, 3.8) is 0 Å². The summed E-state index contributed by atoms with van der Waals surface area (Å²) in [5.74, 6) is -0.757. The Balaban J connectivity index is 3.11. The molecule has 1 unspecified atom stereocenters. The van der Waals surface area contributed by atoms with E-state index in [1.807, 2.05) is 0 Å². The highest BCUT2D eigenvalue weighted by molar-refractivity contribution is 5.44. The zero-order valence-electron chi connectivity index (χ0n) is 8.69. The van der Waals surface area contributed by atoms with Crippen LogP contribution in [0, 0.1) is 20.2 Å². The van der Waals surface area contributed by atoms with E-state index in [2.05, 4.69) is 5.10 Å². The standard InChI is InChI=1S/C7H10N4O5/c1-5(4-16-2)9-3-6(10(12)13)7(8-9)11(14)15/h3,5H,4H2,1-2H3. The number of rotatable bonds is 5. The molecule has 0 fully saturated rings. The Morgan fingerprint density at radius 2 is 2.12 bits per heavy atom. The Kier molecular flexibility index (Phi) is 3.51. The minimum Gasteiger partial charge on any atom is -0.382 e. The van der Waals surface area contributed by atoms with Crippen LogP contribution in [0.25, 0.3) is 0 Å². The van der Waals surface area contributed by atoms with Crippen LogP contribution in [0.4, 0.5) is 11.5 Å². The van der Waals surface area contributed by atoms with Crippen molar-refractivity contribution in [2.24, 2.45) is 0 Å². The lowest BCUT2D eigenvalue weighted by molar-refractivity contribution is -0.424. The zero-order valence-corrected chi connectivity index (χ0v) is 8.69. The van der Waals surface area contributed by atoms with Crippen molar-refractivity contribution >= 4 is 11.5 Å². The number of ether oxygens (including phenoxy) is 1. The minimum absolute atomic E-state index is 0.260. The molecule has 0 aliphatic carbocycles. The molecule has 1 aromatic rings. The summed E-state index contributed by atoms with van der Waals surface area (Å²) in [6.45, 7) is 1.94. The highest BCUT2D eigenvalue weighted by Gasteiger charge is 2.31. The van der Waals surface area contributed by atoms with Crippen LogP contribution in [0.15, 0.2) is 6.20 Å². The third-order valence-electron chi connectivity index (χ3n) is 1.92. The van der Waals surface area contributed by atoms with Crippen LogP contribution in [0.3, 0.4) is 0 Å². The van der Waals surface area contributed by atoms with Crippen molar-refractivity contribution in [3.05, 3.63) is 26.4 Å². The molecular weight excluding hydrogens is 220 g/mol. The number of nitro groups is 2. The largest absolute Gasteiger partial charge is 0.467 e. The first-order valence-corrected chi connectivity index (χ1v) is 4.34. The molecule has 0 saturated heterocycles. The average Bonchev–Trinajstić information content (AvgIpc) is 2.62. The van der Waals surface area contributed by atoms with Crippen molar-refractivity contribution in [1.82, 2.24) is 9.78 Å². The van der Waals surface area contributed by atoms with Crippen molar-refractivity contribution in [1.29, 1.82) is 0 Å². The molecule has 0 radical (unpaired) electrons. The molecule has 16 heavy (non-hydrogen) atoms. The van der Waals surface area contributed by atoms with Gasteiger partial charge in [0, 0.05) is 7.11 Å². The van der Waals surface area contributed by atoms with E-state index in [9.17, 15) is 20.2 Å². The second kappa shape index (κ2) is 4.66. The Morgan fingerprint density at radius 3 is 2.50 bits per heavy atom. The van der Waals surface area contributed by atoms with Gasteiger partial charge in [-0.25, -0.2) is 0 Å². The van der Waals surface area contributed by atoms with Gasteiger partial charge >= 0.3 is 11.5 Å². The summed E-state index contributed by atoms with van der Waals surface area (Å²) in [4.78, 5) is 19.3. The number of methoxy groups -OCH3 is 1. The number of nitrogens with zero attached hydrogens (tertiary/aromatic N) is 4. The Labute approximate surface area is 89.9 Å². The molecule has 0 amide bonds. The summed E-state index contributed by atoms with van der Waals surface area (Å²) < 4.78 is 5.98. The molecule has 9 nitrogen and oxygen atoms in total. The fraction of sp³-hybridized carbons (Fsp3) is 0.571. The molecule has 1 rings (SSSR count). The minimum atomic E-state index is -0.881. The van der Waals surface area contributed by atoms with Crippen LogP contribution >= 0.6 is 0 Å². The molecule has 1 heterocycles. The van der Waals surface area contributed by atoms with Gasteiger partial charge in [0.15, 0.2) is 0 Å². The average molecular weight is 230 g/mol. The van der Waals surface area contributed by atoms with Crippen LogP contribution in [0.2, 0.25) is 0 Å². The lowest BCUT2D eigenvalue weighted by atomic mass is 10.4. The SMILES string of the molecule is COCC(C)n1cc([N+](=O)[O-])c([N+](=O)[O-])n1. The summed E-state index contributed by atoms with van der Waals surface area (Å²) in [5, 5.41) is 24.6. The lowest BCUT2D eigenvalue weighted by Crippen LogP contribution is -2.11. The molecule has 0 saturated carbocycles. The van der Waals surface area contributed by atoms with Crippen LogP contribution in [-0.2, 0) is 4.74 Å². The molecule has 0 spiro atoms. The predicted octanol–water partition coefficient (Wildman–Crippen LogP) is 0.907. The fourth-order valence-electron chi connectivity index (χ4n) is 1.17. The monoisotopic (exact) mass is 230 g/mol. The summed E-state index contributed by atoms with van der Waals surface area (Å²) >= 11 is 0. The number of aromatic nitrogens is 2. The Morgan fingerprint density at radius 1 is 1.50 bits per heavy atom. The van der Waals surface area contributed by atoms with Gasteiger partial charge in [-0.05, 0) is 11.8 Å². The van der Waals surface area contributed by atoms with Gasteiger partial charge in [0.2, 0.25) is 0 Å². The van der Waals surface area contributed by atoms with Gasteiger partial charge in [0.05, 0.1) is 22.7 Å². The van der Waals surface area contributed by atoms with Gasteiger partial charge in [-0.2, -0.15) is 4.68 Å². The third kappa shape index (κ3) is 2.31. The van der Waals surface area contributed by atoms with Crippen LogP contribution in [0.5, 0.6) is 0 Å². The van der Waals surface area contributed by atoms with Crippen LogP contribution < -0.4 is 0 Å². The van der Waals surface area contributed by atoms with E-state index in [0.29, 0.717) is 0 Å². The van der Waals surface area contributed by atoms with Gasteiger partial charge in [-0.3, -0.25) is 10.1 Å². The second-order valence-corrected chi connectivity index (χ2v) is 3.14. The first kappa shape index (κ1) is 12.0. The maximum atomic E-state index is 10.5. The fourth-order valence-corrected chi connectivity index (χ4v) is 1.17. The van der Waals surface area contributed by atoms with E-state index in [1.165, 1.54) is 7.11 Å². The Hall–Kier alpha value is -2.03. The van der Waals surface area contributed by atoms with Gasteiger partial charge in [-0.15, -0.1) is 0 Å². The summed E-state index contributed by atoms with van der Waals surface area (Å²) in [6.07, 6.45) is 1.03. The molecule has 0 aliphatic heterocycles. The topological polar surface area (TPSA) is 113 Å². The quantitative estimate of drug-likeness (QED) is 0.548. The normalized spacial score (nSPS) is 12.4. The molecule has 0 aromatic carbocycles. The van der Waals surface area contributed by atoms with Gasteiger partial charge in [0.25, 0.3) is 0 Å². The predicted molar refractivity (Wildman–Crippen MR) is 52.1 cm³/mol.